The van der Waals surface area contributed by atoms with Gasteiger partial charge in [0.1, 0.15) is 6.54 Å². The van der Waals surface area contributed by atoms with Crippen LogP contribution in [0.25, 0.3) is 0 Å². The number of carbonyl (C=O) groups excluding carboxylic acids is 1. The molecule has 2 aromatic carbocycles. The minimum Gasteiger partial charge on any atom is -0.325 e. The summed E-state index contributed by atoms with van der Waals surface area (Å²) >= 11 is 12.1. The molecule has 1 amide bonds. The number of anilines is 2. The van der Waals surface area contributed by atoms with E-state index in [1.807, 2.05) is 0 Å². The summed E-state index contributed by atoms with van der Waals surface area (Å²) in [7, 11) is -7.45. The van der Waals surface area contributed by atoms with Crippen LogP contribution in [0.4, 0.5) is 11.4 Å². The van der Waals surface area contributed by atoms with E-state index in [0.29, 0.717) is 18.8 Å². The minimum atomic E-state index is -3.84. The monoisotopic (exact) mass is 533 g/mol. The van der Waals surface area contributed by atoms with Crippen molar-refractivity contribution >= 4 is 60.5 Å². The second-order valence-electron chi connectivity index (χ2n) is 7.76. The molecule has 180 valence electrons. The Morgan fingerprint density at radius 3 is 2.15 bits per heavy atom. The molecule has 8 nitrogen and oxygen atoms in total. The lowest BCUT2D eigenvalue weighted by Crippen LogP contribution is -2.37. The minimum absolute atomic E-state index is 0.0840. The molecule has 0 atom stereocenters. The smallest absolute Gasteiger partial charge is 0.245 e. The van der Waals surface area contributed by atoms with Crippen molar-refractivity contribution in [2.45, 2.75) is 30.6 Å². The first-order chi connectivity index (χ1) is 15.5. The van der Waals surface area contributed by atoms with Gasteiger partial charge in [-0.15, -0.1) is 0 Å². The average molecular weight is 534 g/mol. The molecule has 0 bridgehead atoms. The van der Waals surface area contributed by atoms with Crippen molar-refractivity contribution < 1.29 is 21.6 Å². The van der Waals surface area contributed by atoms with Crippen molar-refractivity contribution in [2.24, 2.45) is 0 Å². The predicted octanol–water partition coefficient (Wildman–Crippen LogP) is 3.96. The van der Waals surface area contributed by atoms with Gasteiger partial charge in [-0.2, -0.15) is 4.31 Å². The highest BCUT2D eigenvalue weighted by Gasteiger charge is 2.26. The summed E-state index contributed by atoms with van der Waals surface area (Å²) in [6.45, 7) is 0.454. The number of hydrogen-bond acceptors (Lipinski definition) is 5. The molecule has 1 fully saturated rings. The molecule has 12 heteroatoms. The van der Waals surface area contributed by atoms with Crippen molar-refractivity contribution in [1.82, 2.24) is 4.31 Å². The van der Waals surface area contributed by atoms with Gasteiger partial charge in [0, 0.05) is 23.8 Å². The van der Waals surface area contributed by atoms with Gasteiger partial charge in [-0.25, -0.2) is 16.8 Å². The number of amides is 1. The first-order valence-electron chi connectivity index (χ1n) is 10.3. The van der Waals surface area contributed by atoms with Crippen LogP contribution in [0.15, 0.2) is 47.4 Å². The number of hydrogen-bond donors (Lipinski definition) is 1. The average Bonchev–Trinajstić information content (AvgIpc) is 3.04. The molecule has 0 saturated carbocycles. The maximum atomic E-state index is 12.9. The topological polar surface area (TPSA) is 104 Å². The van der Waals surface area contributed by atoms with Gasteiger partial charge in [-0.05, 0) is 55.3 Å². The van der Waals surface area contributed by atoms with E-state index in [1.54, 1.807) is 0 Å². The van der Waals surface area contributed by atoms with Gasteiger partial charge >= 0.3 is 0 Å². The zero-order valence-corrected chi connectivity index (χ0v) is 21.1. The molecule has 0 radical (unpaired) electrons. The van der Waals surface area contributed by atoms with Gasteiger partial charge in [0.2, 0.25) is 26.0 Å². The highest BCUT2D eigenvalue weighted by molar-refractivity contribution is 7.92. The van der Waals surface area contributed by atoms with Crippen molar-refractivity contribution in [3.05, 3.63) is 52.5 Å². The van der Waals surface area contributed by atoms with Gasteiger partial charge in [-0.1, -0.05) is 36.0 Å². The Balaban J connectivity index is 1.74. The summed E-state index contributed by atoms with van der Waals surface area (Å²) in [6.07, 6.45) is 4.66. The molecule has 0 aromatic heterocycles. The summed E-state index contributed by atoms with van der Waals surface area (Å²) in [5, 5.41) is 2.98. The Morgan fingerprint density at radius 1 is 0.970 bits per heavy atom. The van der Waals surface area contributed by atoms with E-state index in [9.17, 15) is 21.6 Å². The third-order valence-electron chi connectivity index (χ3n) is 5.21. The normalized spacial score (nSPS) is 15.6. The van der Waals surface area contributed by atoms with E-state index < -0.39 is 32.5 Å². The first kappa shape index (κ1) is 25.8. The molecule has 0 unspecified atom stereocenters. The van der Waals surface area contributed by atoms with Crippen molar-refractivity contribution in [3.63, 3.8) is 0 Å². The zero-order chi connectivity index (χ0) is 24.2. The molecular formula is C21H25Cl2N3O5S2. The molecule has 1 saturated heterocycles. The van der Waals surface area contributed by atoms with Gasteiger partial charge < -0.3 is 5.32 Å². The number of carbonyl (C=O) groups is 1. The van der Waals surface area contributed by atoms with Crippen LogP contribution in [0.2, 0.25) is 10.0 Å². The van der Waals surface area contributed by atoms with E-state index in [0.717, 1.165) is 36.2 Å². The Labute approximate surface area is 204 Å². The van der Waals surface area contributed by atoms with Crippen molar-refractivity contribution in [1.29, 1.82) is 0 Å². The van der Waals surface area contributed by atoms with Crippen LogP contribution < -0.4 is 9.62 Å². The summed E-state index contributed by atoms with van der Waals surface area (Å²) in [6, 6.07) is 10.1. The molecule has 2 aromatic rings. The highest BCUT2D eigenvalue weighted by Crippen LogP contribution is 2.30. The Bertz CT molecular complexity index is 1210. The second-order valence-corrected chi connectivity index (χ2v) is 12.4. The molecule has 0 aliphatic carbocycles. The second kappa shape index (κ2) is 10.6. The fourth-order valence-electron chi connectivity index (χ4n) is 3.53. The lowest BCUT2D eigenvalue weighted by molar-refractivity contribution is -0.114. The molecule has 1 aliphatic rings. The van der Waals surface area contributed by atoms with Crippen molar-refractivity contribution in [3.8, 4) is 0 Å². The van der Waals surface area contributed by atoms with E-state index in [4.69, 9.17) is 23.2 Å². The SMILES string of the molecule is CS(=O)(=O)N(CC(=O)Nc1ccc(S(=O)(=O)N2CCCCCC2)cc1)c1cc(Cl)ccc1Cl. The lowest BCUT2D eigenvalue weighted by atomic mass is 10.2. The van der Waals surface area contributed by atoms with Gasteiger partial charge in [-0.3, -0.25) is 9.10 Å². The third kappa shape index (κ3) is 6.60. The van der Waals surface area contributed by atoms with Crippen LogP contribution >= 0.6 is 23.2 Å². The Hall–Kier alpha value is -1.85. The Morgan fingerprint density at radius 2 is 1.58 bits per heavy atom. The van der Waals surface area contributed by atoms with Crippen LogP contribution in [0, 0.1) is 0 Å². The zero-order valence-electron chi connectivity index (χ0n) is 18.0. The van der Waals surface area contributed by atoms with Gasteiger partial charge in [0.05, 0.1) is 21.9 Å². The molecule has 33 heavy (non-hydrogen) atoms. The maximum Gasteiger partial charge on any atom is 0.245 e. The highest BCUT2D eigenvalue weighted by atomic mass is 35.5. The largest absolute Gasteiger partial charge is 0.325 e. The van der Waals surface area contributed by atoms with Crippen LogP contribution in [0.5, 0.6) is 0 Å². The standard InChI is InChI=1S/C21H25Cl2N3O5S2/c1-32(28,29)26(20-14-16(22)6-11-19(20)23)15-21(27)24-17-7-9-18(10-8-17)33(30,31)25-12-4-2-3-5-13-25/h6-11,14H,2-5,12-13,15H2,1H3,(H,24,27). The lowest BCUT2D eigenvalue weighted by Gasteiger charge is -2.23. The molecule has 1 heterocycles. The van der Waals surface area contributed by atoms with E-state index in [1.165, 1.54) is 46.8 Å². The number of rotatable bonds is 7. The van der Waals surface area contributed by atoms with Gasteiger partial charge in [0.25, 0.3) is 0 Å². The van der Waals surface area contributed by atoms with Crippen LogP contribution in [-0.4, -0.2) is 52.9 Å². The summed E-state index contributed by atoms with van der Waals surface area (Å²) in [5.41, 5.74) is 0.418. The maximum absolute atomic E-state index is 12.9. The van der Waals surface area contributed by atoms with Crippen LogP contribution in [0.1, 0.15) is 25.7 Å². The van der Waals surface area contributed by atoms with E-state index >= 15 is 0 Å². The Kier molecular flexibility index (Phi) is 8.28. The van der Waals surface area contributed by atoms with E-state index in [-0.39, 0.29) is 20.6 Å². The van der Waals surface area contributed by atoms with Gasteiger partial charge in [0.15, 0.2) is 0 Å². The number of benzene rings is 2. The van der Waals surface area contributed by atoms with Crippen LogP contribution in [-0.2, 0) is 24.8 Å². The summed E-state index contributed by atoms with van der Waals surface area (Å²) < 4.78 is 52.7. The molecule has 3 rings (SSSR count). The number of sulfonamides is 2. The molecule has 0 spiro atoms. The fraction of sp³-hybridized carbons (Fsp3) is 0.381. The predicted molar refractivity (Wildman–Crippen MR) is 131 cm³/mol. The summed E-state index contributed by atoms with van der Waals surface area (Å²) in [4.78, 5) is 12.7. The number of nitrogens with zero attached hydrogens (tertiary/aromatic N) is 2. The molecule has 1 aliphatic heterocycles. The van der Waals surface area contributed by atoms with Crippen molar-refractivity contribution in [2.75, 3.05) is 35.5 Å². The first-order valence-corrected chi connectivity index (χ1v) is 14.4. The van der Waals surface area contributed by atoms with Crippen LogP contribution in [0.3, 0.4) is 0 Å². The number of nitrogens with one attached hydrogen (secondary N) is 1. The quantitative estimate of drug-likeness (QED) is 0.579. The van der Waals surface area contributed by atoms with E-state index in [2.05, 4.69) is 5.32 Å². The fourth-order valence-corrected chi connectivity index (χ4v) is 6.34. The molecular weight excluding hydrogens is 509 g/mol. The third-order valence-corrected chi connectivity index (χ3v) is 8.80. The number of halogens is 2. The molecule has 1 N–H and O–H groups in total. The summed E-state index contributed by atoms with van der Waals surface area (Å²) in [5.74, 6) is -0.625.